The number of hydrogen-bond acceptors (Lipinski definition) is 3. The Morgan fingerprint density at radius 3 is 2.75 bits per heavy atom. The number of nitrogens with one attached hydrogen (secondary N) is 1. The number of rotatable bonds is 6. The normalized spacial score (nSPS) is 25.4. The van der Waals surface area contributed by atoms with Crippen molar-refractivity contribution in [1.29, 1.82) is 0 Å². The zero-order chi connectivity index (χ0) is 19.6. The first-order valence-electron chi connectivity index (χ1n) is 10.4. The van der Waals surface area contributed by atoms with Gasteiger partial charge in [0.2, 0.25) is 0 Å². The Labute approximate surface area is 167 Å². The molecule has 1 aromatic heterocycles. The maximum absolute atomic E-state index is 6.44. The molecule has 0 bridgehead atoms. The molecule has 3 aromatic rings. The highest BCUT2D eigenvalue weighted by Gasteiger charge is 2.48. The van der Waals surface area contributed by atoms with Crippen molar-refractivity contribution in [1.82, 2.24) is 14.9 Å². The Morgan fingerprint density at radius 1 is 1.14 bits per heavy atom. The molecule has 1 heterocycles. The zero-order valence-corrected chi connectivity index (χ0v) is 17.2. The van der Waals surface area contributed by atoms with Gasteiger partial charge in [-0.2, -0.15) is 0 Å². The Kier molecular flexibility index (Phi) is 5.51. The lowest BCUT2D eigenvalue weighted by molar-refractivity contribution is -0.131. The Morgan fingerprint density at radius 2 is 1.96 bits per heavy atom. The van der Waals surface area contributed by atoms with E-state index in [1.165, 1.54) is 30.4 Å². The number of methoxy groups -OCH3 is 1. The maximum atomic E-state index is 6.44. The first-order valence-corrected chi connectivity index (χ1v) is 10.4. The summed E-state index contributed by atoms with van der Waals surface area (Å²) in [5.41, 5.74) is 4.42. The average molecular weight is 378 g/mol. The molecule has 28 heavy (non-hydrogen) atoms. The number of fused-ring (bicyclic) bond motifs is 1. The van der Waals surface area contributed by atoms with Gasteiger partial charge in [0, 0.05) is 31.7 Å². The second-order valence-electron chi connectivity index (χ2n) is 8.31. The molecule has 4 rings (SSSR count). The summed E-state index contributed by atoms with van der Waals surface area (Å²) in [6, 6.07) is 17.2. The van der Waals surface area contributed by atoms with Crippen LogP contribution in [0.15, 0.2) is 54.9 Å². The van der Waals surface area contributed by atoms with Crippen molar-refractivity contribution in [2.24, 2.45) is 11.8 Å². The van der Waals surface area contributed by atoms with Gasteiger partial charge >= 0.3 is 0 Å². The molecule has 0 amide bonds. The zero-order valence-electron chi connectivity index (χ0n) is 17.2. The van der Waals surface area contributed by atoms with Crippen molar-refractivity contribution in [2.45, 2.75) is 38.3 Å². The maximum Gasteiger partial charge on any atom is 0.101 e. The molecule has 0 saturated heterocycles. The number of imidazole rings is 1. The third kappa shape index (κ3) is 3.36. The van der Waals surface area contributed by atoms with E-state index in [9.17, 15) is 0 Å². The van der Waals surface area contributed by atoms with Crippen LogP contribution >= 0.6 is 0 Å². The van der Waals surface area contributed by atoms with E-state index >= 15 is 0 Å². The van der Waals surface area contributed by atoms with Crippen LogP contribution in [0.1, 0.15) is 37.3 Å². The summed E-state index contributed by atoms with van der Waals surface area (Å²) >= 11 is 0. The molecule has 1 aliphatic carbocycles. The molecule has 4 heteroatoms. The van der Waals surface area contributed by atoms with Crippen molar-refractivity contribution < 1.29 is 4.74 Å². The minimum atomic E-state index is -0.308. The number of para-hydroxylation sites is 1. The third-order valence-corrected chi connectivity index (χ3v) is 6.56. The molecular formula is C24H31N3O. The SMILES string of the molecule is COC1(c2cccc3[nH]cnc23)C(C)CCCC1CN(C)Cc1ccccc1. The van der Waals surface area contributed by atoms with Crippen LogP contribution in [0, 0.1) is 11.8 Å². The van der Waals surface area contributed by atoms with Gasteiger partial charge in [-0.1, -0.05) is 55.8 Å². The second kappa shape index (κ2) is 8.06. The van der Waals surface area contributed by atoms with Crippen LogP contribution in [0.2, 0.25) is 0 Å². The van der Waals surface area contributed by atoms with Gasteiger partial charge in [-0.15, -0.1) is 0 Å². The predicted molar refractivity (Wildman–Crippen MR) is 114 cm³/mol. The first-order chi connectivity index (χ1) is 13.6. The Balaban J connectivity index is 1.67. The molecule has 1 N–H and O–H groups in total. The fourth-order valence-electron chi connectivity index (χ4n) is 5.31. The lowest BCUT2D eigenvalue weighted by Crippen LogP contribution is -2.49. The van der Waals surface area contributed by atoms with Gasteiger partial charge in [0.25, 0.3) is 0 Å². The molecule has 1 fully saturated rings. The lowest BCUT2D eigenvalue weighted by atomic mass is 9.65. The van der Waals surface area contributed by atoms with E-state index in [0.717, 1.165) is 24.1 Å². The van der Waals surface area contributed by atoms with Crippen molar-refractivity contribution in [3.05, 3.63) is 66.0 Å². The van der Waals surface area contributed by atoms with Gasteiger partial charge in [0.05, 0.1) is 17.4 Å². The quantitative estimate of drug-likeness (QED) is 0.659. The minimum absolute atomic E-state index is 0.308. The number of ether oxygens (including phenoxy) is 1. The number of aromatic amines is 1. The predicted octanol–water partition coefficient (Wildman–Crippen LogP) is 4.97. The monoisotopic (exact) mass is 377 g/mol. The number of nitrogens with zero attached hydrogens (tertiary/aromatic N) is 2. The highest BCUT2D eigenvalue weighted by Crippen LogP contribution is 2.49. The average Bonchev–Trinajstić information content (AvgIpc) is 3.18. The van der Waals surface area contributed by atoms with Gasteiger partial charge in [-0.3, -0.25) is 0 Å². The van der Waals surface area contributed by atoms with Gasteiger partial charge in [0.1, 0.15) is 5.60 Å². The minimum Gasteiger partial charge on any atom is -0.373 e. The molecule has 2 aromatic carbocycles. The molecule has 0 aliphatic heterocycles. The molecule has 0 radical (unpaired) electrons. The summed E-state index contributed by atoms with van der Waals surface area (Å²) in [7, 11) is 4.11. The van der Waals surface area contributed by atoms with Gasteiger partial charge in [-0.05, 0) is 37.4 Å². The first kappa shape index (κ1) is 19.2. The largest absolute Gasteiger partial charge is 0.373 e. The molecule has 0 spiro atoms. The molecule has 148 valence electrons. The van der Waals surface area contributed by atoms with E-state index in [0.29, 0.717) is 11.8 Å². The van der Waals surface area contributed by atoms with Crippen LogP contribution in [0.3, 0.4) is 0 Å². The van der Waals surface area contributed by atoms with Crippen LogP contribution in [0.4, 0.5) is 0 Å². The standard InChI is InChI=1S/C24H31N3O/c1-18-9-7-12-20(16-27(2)15-19-10-5-4-6-11-19)24(18,28-3)21-13-8-14-22-23(21)26-17-25-22/h4-6,8,10-11,13-14,17-18,20H,7,9,12,15-16H2,1-3H3,(H,25,26). The van der Waals surface area contributed by atoms with Crippen LogP contribution in [-0.4, -0.2) is 35.6 Å². The Hall–Kier alpha value is -2.17. The van der Waals surface area contributed by atoms with Crippen molar-refractivity contribution in [3.63, 3.8) is 0 Å². The summed E-state index contributed by atoms with van der Waals surface area (Å²) in [6.07, 6.45) is 5.42. The summed E-state index contributed by atoms with van der Waals surface area (Å²) in [4.78, 5) is 10.4. The van der Waals surface area contributed by atoms with Crippen molar-refractivity contribution >= 4 is 11.0 Å². The number of hydrogen-bond donors (Lipinski definition) is 1. The molecular weight excluding hydrogens is 346 g/mol. The lowest BCUT2D eigenvalue weighted by Gasteiger charge is -2.49. The Bertz CT molecular complexity index is 906. The van der Waals surface area contributed by atoms with E-state index in [1.807, 2.05) is 7.11 Å². The van der Waals surface area contributed by atoms with E-state index in [2.05, 4.69) is 77.4 Å². The third-order valence-electron chi connectivity index (χ3n) is 6.56. The van der Waals surface area contributed by atoms with Gasteiger partial charge < -0.3 is 14.6 Å². The van der Waals surface area contributed by atoms with Gasteiger partial charge in [-0.25, -0.2) is 4.98 Å². The summed E-state index contributed by atoms with van der Waals surface area (Å²) in [5, 5.41) is 0. The second-order valence-corrected chi connectivity index (χ2v) is 8.31. The molecule has 4 nitrogen and oxygen atoms in total. The highest BCUT2D eigenvalue weighted by atomic mass is 16.5. The van der Waals surface area contributed by atoms with E-state index in [4.69, 9.17) is 4.74 Å². The number of benzene rings is 2. The summed E-state index contributed by atoms with van der Waals surface area (Å²) in [6.45, 7) is 4.31. The van der Waals surface area contributed by atoms with Gasteiger partial charge in [0.15, 0.2) is 0 Å². The molecule has 1 aliphatic rings. The fraction of sp³-hybridized carbons (Fsp3) is 0.458. The fourth-order valence-corrected chi connectivity index (χ4v) is 5.31. The van der Waals surface area contributed by atoms with Crippen LogP contribution in [0.5, 0.6) is 0 Å². The van der Waals surface area contributed by atoms with Crippen LogP contribution in [-0.2, 0) is 16.9 Å². The number of aromatic nitrogens is 2. The summed E-state index contributed by atoms with van der Waals surface area (Å²) in [5.74, 6) is 0.876. The smallest absolute Gasteiger partial charge is 0.101 e. The molecule has 1 saturated carbocycles. The van der Waals surface area contributed by atoms with E-state index in [1.54, 1.807) is 6.33 Å². The van der Waals surface area contributed by atoms with E-state index < -0.39 is 0 Å². The number of H-pyrrole nitrogens is 1. The molecule has 3 atom stereocenters. The van der Waals surface area contributed by atoms with Crippen LogP contribution in [0.25, 0.3) is 11.0 Å². The van der Waals surface area contributed by atoms with Crippen molar-refractivity contribution in [3.8, 4) is 0 Å². The van der Waals surface area contributed by atoms with Crippen molar-refractivity contribution in [2.75, 3.05) is 20.7 Å². The molecule has 3 unspecified atom stereocenters. The van der Waals surface area contributed by atoms with E-state index in [-0.39, 0.29) is 5.60 Å². The van der Waals surface area contributed by atoms with Crippen LogP contribution < -0.4 is 0 Å². The summed E-state index contributed by atoms with van der Waals surface area (Å²) < 4.78 is 6.44. The topological polar surface area (TPSA) is 41.1 Å². The highest BCUT2D eigenvalue weighted by molar-refractivity contribution is 5.79.